The number of thioether (sulfide) groups is 1. The van der Waals surface area contributed by atoms with Gasteiger partial charge in [-0.2, -0.15) is 0 Å². The fourth-order valence-corrected chi connectivity index (χ4v) is 3.74. The average Bonchev–Trinajstić information content (AvgIpc) is 3.21. The topological polar surface area (TPSA) is 88.9 Å². The molecule has 0 radical (unpaired) electrons. The van der Waals surface area contributed by atoms with Crippen LogP contribution >= 0.6 is 23.4 Å². The van der Waals surface area contributed by atoms with Crippen molar-refractivity contribution in [1.82, 2.24) is 20.1 Å². The second-order valence-corrected chi connectivity index (χ2v) is 8.41. The van der Waals surface area contributed by atoms with Gasteiger partial charge in [0.1, 0.15) is 6.33 Å². The highest BCUT2D eigenvalue weighted by atomic mass is 35.5. The number of nitrogens with zero attached hydrogens (tertiary/aromatic N) is 3. The molecule has 0 aliphatic rings. The maximum atomic E-state index is 12.6. The Morgan fingerprint density at radius 1 is 1.13 bits per heavy atom. The second-order valence-electron chi connectivity index (χ2n) is 7.03. The molecule has 0 atom stereocenters. The number of aryl methyl sites for hydroxylation is 2. The molecule has 2 aromatic carbocycles. The van der Waals surface area contributed by atoms with Crippen LogP contribution in [0.1, 0.15) is 34.8 Å². The van der Waals surface area contributed by atoms with E-state index >= 15 is 0 Å². The van der Waals surface area contributed by atoms with Gasteiger partial charge in [-0.15, -0.1) is 10.2 Å². The van der Waals surface area contributed by atoms with Gasteiger partial charge in [0.25, 0.3) is 5.91 Å². The Balaban J connectivity index is 1.69. The van der Waals surface area contributed by atoms with E-state index in [1.807, 2.05) is 30.5 Å². The van der Waals surface area contributed by atoms with Crippen molar-refractivity contribution in [3.05, 3.63) is 64.4 Å². The van der Waals surface area contributed by atoms with Crippen LogP contribution in [0.15, 0.2) is 47.9 Å². The summed E-state index contributed by atoms with van der Waals surface area (Å²) in [5.74, 6) is -0.422. The summed E-state index contributed by atoms with van der Waals surface area (Å²) >= 11 is 7.33. The molecule has 3 rings (SSSR count). The molecule has 2 N–H and O–H groups in total. The normalized spacial score (nSPS) is 10.7. The van der Waals surface area contributed by atoms with E-state index in [1.54, 1.807) is 24.5 Å². The zero-order valence-electron chi connectivity index (χ0n) is 17.6. The fourth-order valence-electron chi connectivity index (χ4n) is 2.84. The Morgan fingerprint density at radius 3 is 2.68 bits per heavy atom. The van der Waals surface area contributed by atoms with Crippen LogP contribution < -0.4 is 10.6 Å². The van der Waals surface area contributed by atoms with Gasteiger partial charge in [0.05, 0.1) is 17.0 Å². The third-order valence-electron chi connectivity index (χ3n) is 4.65. The summed E-state index contributed by atoms with van der Waals surface area (Å²) in [6, 6.07) is 10.9. The molecule has 162 valence electrons. The van der Waals surface area contributed by atoms with Crippen LogP contribution in [0.5, 0.6) is 0 Å². The Hall–Kier alpha value is -2.84. The van der Waals surface area contributed by atoms with E-state index in [-0.39, 0.29) is 17.6 Å². The number of carbonyl (C=O) groups excluding carboxylic acids is 2. The molecule has 0 aliphatic heterocycles. The van der Waals surface area contributed by atoms with Gasteiger partial charge in [-0.3, -0.25) is 14.2 Å². The predicted octanol–water partition coefficient (Wildman–Crippen LogP) is 4.41. The van der Waals surface area contributed by atoms with E-state index in [1.165, 1.54) is 17.3 Å². The van der Waals surface area contributed by atoms with Gasteiger partial charge in [0.15, 0.2) is 5.16 Å². The molecule has 1 aromatic heterocycles. The summed E-state index contributed by atoms with van der Waals surface area (Å²) in [5.41, 5.74) is 4.04. The van der Waals surface area contributed by atoms with Crippen LogP contribution in [-0.2, 0) is 4.79 Å². The molecule has 0 spiro atoms. The van der Waals surface area contributed by atoms with Crippen LogP contribution in [0.3, 0.4) is 0 Å². The van der Waals surface area contributed by atoms with Crippen LogP contribution in [0.2, 0.25) is 5.02 Å². The average molecular weight is 458 g/mol. The molecule has 31 heavy (non-hydrogen) atoms. The highest BCUT2D eigenvalue weighted by molar-refractivity contribution is 7.99. The third kappa shape index (κ3) is 5.86. The van der Waals surface area contributed by atoms with Crippen LogP contribution in [-0.4, -0.2) is 38.9 Å². The van der Waals surface area contributed by atoms with Crippen molar-refractivity contribution in [2.75, 3.05) is 17.6 Å². The Morgan fingerprint density at radius 2 is 1.94 bits per heavy atom. The quantitative estimate of drug-likeness (QED) is 0.489. The minimum Gasteiger partial charge on any atom is -0.352 e. The number of hydrogen-bond donors (Lipinski definition) is 2. The van der Waals surface area contributed by atoms with Crippen molar-refractivity contribution in [3.8, 4) is 5.69 Å². The molecule has 2 amide bonds. The van der Waals surface area contributed by atoms with Crippen molar-refractivity contribution in [2.45, 2.75) is 32.3 Å². The lowest BCUT2D eigenvalue weighted by Gasteiger charge is -2.12. The van der Waals surface area contributed by atoms with E-state index in [0.29, 0.717) is 28.0 Å². The van der Waals surface area contributed by atoms with Crippen molar-refractivity contribution >= 4 is 40.9 Å². The maximum Gasteiger partial charge on any atom is 0.253 e. The zero-order valence-corrected chi connectivity index (χ0v) is 19.2. The number of anilines is 1. The third-order valence-corrected chi connectivity index (χ3v) is 5.83. The van der Waals surface area contributed by atoms with Gasteiger partial charge in [0, 0.05) is 17.3 Å². The number of hydrogen-bond acceptors (Lipinski definition) is 5. The monoisotopic (exact) mass is 457 g/mol. The predicted molar refractivity (Wildman–Crippen MR) is 124 cm³/mol. The van der Waals surface area contributed by atoms with E-state index in [4.69, 9.17) is 11.6 Å². The lowest BCUT2D eigenvalue weighted by Crippen LogP contribution is -2.26. The van der Waals surface area contributed by atoms with Crippen molar-refractivity contribution in [1.29, 1.82) is 0 Å². The highest BCUT2D eigenvalue weighted by Gasteiger charge is 2.15. The number of nitrogens with one attached hydrogen (secondary N) is 2. The molecule has 0 saturated carbocycles. The Bertz CT molecular complexity index is 1100. The number of aromatic nitrogens is 3. The second kappa shape index (κ2) is 10.5. The summed E-state index contributed by atoms with van der Waals surface area (Å²) in [6.07, 6.45) is 2.44. The minimum absolute atomic E-state index is 0.103. The first-order valence-electron chi connectivity index (χ1n) is 9.87. The fraction of sp³-hybridized carbons (Fsp3) is 0.273. The summed E-state index contributed by atoms with van der Waals surface area (Å²) in [5, 5.41) is 14.7. The molecule has 0 aliphatic carbocycles. The smallest absolute Gasteiger partial charge is 0.253 e. The summed E-state index contributed by atoms with van der Waals surface area (Å²) in [4.78, 5) is 25.0. The molecule has 1 heterocycles. The van der Waals surface area contributed by atoms with Crippen molar-refractivity contribution < 1.29 is 9.59 Å². The first-order valence-corrected chi connectivity index (χ1v) is 11.2. The van der Waals surface area contributed by atoms with Gasteiger partial charge < -0.3 is 10.6 Å². The van der Waals surface area contributed by atoms with Gasteiger partial charge in [-0.05, 0) is 61.7 Å². The molecule has 0 saturated heterocycles. The largest absolute Gasteiger partial charge is 0.352 e. The molecular formula is C22H24ClN5O2S. The zero-order chi connectivity index (χ0) is 22.4. The molecule has 0 unspecified atom stereocenters. The maximum absolute atomic E-state index is 12.6. The number of carbonyl (C=O) groups is 2. The minimum atomic E-state index is -0.272. The first-order chi connectivity index (χ1) is 14.9. The summed E-state index contributed by atoms with van der Waals surface area (Å²) < 4.78 is 1.84. The summed E-state index contributed by atoms with van der Waals surface area (Å²) in [6.45, 7) is 6.62. The standard InChI is InChI=1S/C22H24ClN5O2S/c1-4-9-24-21(30)18-8-6-16(23)11-19(18)26-20(29)12-31-22-27-25-13-28(22)17-7-5-14(2)15(3)10-17/h5-8,10-11,13H,4,9,12H2,1-3H3,(H,24,30)(H,26,29). The lowest BCUT2D eigenvalue weighted by atomic mass is 10.1. The summed E-state index contributed by atoms with van der Waals surface area (Å²) in [7, 11) is 0. The molecule has 0 bridgehead atoms. The lowest BCUT2D eigenvalue weighted by molar-refractivity contribution is -0.113. The highest BCUT2D eigenvalue weighted by Crippen LogP contribution is 2.24. The molecule has 9 heteroatoms. The van der Waals surface area contributed by atoms with Gasteiger partial charge in [-0.25, -0.2) is 0 Å². The van der Waals surface area contributed by atoms with Crippen molar-refractivity contribution in [3.63, 3.8) is 0 Å². The van der Waals surface area contributed by atoms with E-state index in [2.05, 4.69) is 33.8 Å². The number of rotatable bonds is 8. The Kier molecular flexibility index (Phi) is 7.70. The Labute approximate surface area is 190 Å². The molecular weight excluding hydrogens is 434 g/mol. The number of amides is 2. The molecule has 3 aromatic rings. The number of benzene rings is 2. The van der Waals surface area contributed by atoms with Crippen LogP contribution in [0.4, 0.5) is 5.69 Å². The van der Waals surface area contributed by atoms with Gasteiger partial charge in [0.2, 0.25) is 5.91 Å². The van der Waals surface area contributed by atoms with Crippen LogP contribution in [0.25, 0.3) is 5.69 Å². The van der Waals surface area contributed by atoms with E-state index in [0.717, 1.165) is 17.7 Å². The SMILES string of the molecule is CCCNC(=O)c1ccc(Cl)cc1NC(=O)CSc1nncn1-c1ccc(C)c(C)c1. The number of halogens is 1. The van der Waals surface area contributed by atoms with E-state index < -0.39 is 0 Å². The van der Waals surface area contributed by atoms with Crippen molar-refractivity contribution in [2.24, 2.45) is 0 Å². The van der Waals surface area contributed by atoms with Gasteiger partial charge >= 0.3 is 0 Å². The van der Waals surface area contributed by atoms with E-state index in [9.17, 15) is 9.59 Å². The first kappa shape index (κ1) is 22.8. The molecule has 0 fully saturated rings. The van der Waals surface area contributed by atoms with Crippen LogP contribution in [0, 0.1) is 13.8 Å². The van der Waals surface area contributed by atoms with Gasteiger partial charge in [-0.1, -0.05) is 36.4 Å². The molecule has 7 nitrogen and oxygen atoms in total.